The summed E-state index contributed by atoms with van der Waals surface area (Å²) >= 11 is 0. The molecule has 2 aromatic rings. The monoisotopic (exact) mass is 660 g/mol. The Labute approximate surface area is 264 Å². The van der Waals surface area contributed by atoms with Gasteiger partial charge in [-0.05, 0) is 19.4 Å². The summed E-state index contributed by atoms with van der Waals surface area (Å²) in [7, 11) is -1.48. The van der Waals surface area contributed by atoms with E-state index in [2.05, 4.69) is 21.7 Å². The summed E-state index contributed by atoms with van der Waals surface area (Å²) in [6.07, 6.45) is -0.942. The average Bonchev–Trinajstić information content (AvgIpc) is 3.65. The van der Waals surface area contributed by atoms with E-state index in [-0.39, 0.29) is 61.3 Å². The lowest BCUT2D eigenvalue weighted by molar-refractivity contribution is -0.386. The minimum atomic E-state index is -1.48. The van der Waals surface area contributed by atoms with Gasteiger partial charge >= 0.3 is 11.8 Å². The number of fused-ring (bicyclic) bond motifs is 1. The molecule has 246 valence electrons. The average molecular weight is 661 g/mol. The summed E-state index contributed by atoms with van der Waals surface area (Å²) in [5, 5.41) is 11.6. The molecule has 0 amide bonds. The number of hydrogen-bond acceptors (Lipinski definition) is 12. The van der Waals surface area contributed by atoms with Gasteiger partial charge in [0.25, 0.3) is 11.2 Å². The van der Waals surface area contributed by atoms with Crippen molar-refractivity contribution in [1.82, 2.24) is 9.55 Å². The Morgan fingerprint density at radius 3 is 2.80 bits per heavy atom. The molecule has 5 unspecified atom stereocenters. The van der Waals surface area contributed by atoms with Crippen LogP contribution < -0.4 is 20.7 Å². The molecule has 0 bridgehead atoms. The number of aromatic nitrogens is 2. The lowest BCUT2D eigenvalue weighted by atomic mass is 10.1. The number of aromatic amines is 1. The number of benzene rings is 1. The Balaban J connectivity index is 1.47. The largest absolute Gasteiger partial charge is 0.508 e. The molecule has 2 aliphatic heterocycles. The van der Waals surface area contributed by atoms with Crippen LogP contribution in [0.2, 0.25) is 0 Å². The van der Waals surface area contributed by atoms with Crippen LogP contribution in [-0.2, 0) is 23.3 Å². The molecule has 0 radical (unpaired) electrons. The van der Waals surface area contributed by atoms with E-state index < -0.39 is 55.2 Å². The highest BCUT2D eigenvalue weighted by atomic mass is 31.2. The van der Waals surface area contributed by atoms with Gasteiger partial charge in [-0.25, -0.2) is 16.2 Å². The summed E-state index contributed by atoms with van der Waals surface area (Å²) in [6, 6.07) is 2.57. The van der Waals surface area contributed by atoms with Gasteiger partial charge in [0, 0.05) is 25.7 Å². The molecule has 0 saturated carbocycles. The van der Waals surface area contributed by atoms with Gasteiger partial charge in [-0.2, -0.15) is 0 Å². The first-order valence-corrected chi connectivity index (χ1v) is 16.0. The quantitative estimate of drug-likeness (QED) is 0.0616. The number of hydrogen-bond donors (Lipinski definition) is 1. The maximum atomic E-state index is 12.8. The van der Waals surface area contributed by atoms with E-state index in [1.54, 1.807) is 6.66 Å². The number of ether oxygens (including phenoxy) is 5. The number of nitro groups is 1. The zero-order chi connectivity index (χ0) is 33.2. The lowest BCUT2D eigenvalue weighted by Crippen LogP contribution is -2.34. The van der Waals surface area contributed by atoms with E-state index in [9.17, 15) is 24.5 Å². The van der Waals surface area contributed by atoms with Crippen molar-refractivity contribution >= 4 is 20.2 Å². The van der Waals surface area contributed by atoms with Crippen LogP contribution in [0.15, 0.2) is 27.9 Å². The first-order valence-electron chi connectivity index (χ1n) is 14.4. The third-order valence-electron chi connectivity index (χ3n) is 6.89. The Kier molecular flexibility index (Phi) is 12.1. The summed E-state index contributed by atoms with van der Waals surface area (Å²) in [5.41, 5.74) is -1.51. The fourth-order valence-electron chi connectivity index (χ4n) is 4.60. The Hall–Kier alpha value is -4.47. The van der Waals surface area contributed by atoms with E-state index in [4.69, 9.17) is 39.3 Å². The van der Waals surface area contributed by atoms with Crippen LogP contribution in [0.4, 0.5) is 10.5 Å². The van der Waals surface area contributed by atoms with Crippen molar-refractivity contribution in [2.45, 2.75) is 64.1 Å². The zero-order valence-electron chi connectivity index (χ0n) is 25.4. The molecule has 1 saturated heterocycles. The fraction of sp³-hybridized carbons (Fsp3) is 0.517. The molecule has 0 aliphatic carbocycles. The number of H-pyrrole nitrogens is 1. The van der Waals surface area contributed by atoms with Gasteiger partial charge in [0.2, 0.25) is 13.3 Å². The summed E-state index contributed by atoms with van der Waals surface area (Å²) in [5.74, 6) is 6.20. The van der Waals surface area contributed by atoms with Gasteiger partial charge in [0.15, 0.2) is 19.9 Å². The predicted octanol–water partition coefficient (Wildman–Crippen LogP) is 4.18. The molecular formula is C29H33N4O12P. The highest BCUT2D eigenvalue weighted by molar-refractivity contribution is 7.46. The van der Waals surface area contributed by atoms with E-state index in [1.165, 1.54) is 29.8 Å². The topological polar surface area (TPSA) is 184 Å². The van der Waals surface area contributed by atoms with Crippen LogP contribution in [0.1, 0.15) is 63.0 Å². The molecule has 46 heavy (non-hydrogen) atoms. The second-order valence-electron chi connectivity index (χ2n) is 10.1. The molecule has 1 fully saturated rings. The van der Waals surface area contributed by atoms with Crippen molar-refractivity contribution in [2.24, 2.45) is 0 Å². The van der Waals surface area contributed by atoms with Crippen LogP contribution in [0.5, 0.6) is 11.5 Å². The molecule has 0 spiro atoms. The number of unbranched alkanes of at least 4 members (excludes halogenated alkanes) is 2. The Morgan fingerprint density at radius 1 is 1.33 bits per heavy atom. The second kappa shape index (κ2) is 16.2. The van der Waals surface area contributed by atoms with Crippen molar-refractivity contribution < 1.29 is 42.4 Å². The normalized spacial score (nSPS) is 19.4. The lowest BCUT2D eigenvalue weighted by Gasteiger charge is -2.22. The maximum absolute atomic E-state index is 12.8. The molecule has 1 aromatic carbocycles. The predicted molar refractivity (Wildman–Crippen MR) is 161 cm³/mol. The molecule has 1 N–H and O–H groups in total. The van der Waals surface area contributed by atoms with Crippen LogP contribution in [-0.4, -0.2) is 66.1 Å². The van der Waals surface area contributed by atoms with Gasteiger partial charge in [0.05, 0.1) is 22.7 Å². The van der Waals surface area contributed by atoms with Crippen LogP contribution in [0.3, 0.4) is 0 Å². The number of carbonyl (C=O) groups is 1. The third-order valence-corrected chi connectivity index (χ3v) is 8.01. The summed E-state index contributed by atoms with van der Waals surface area (Å²) in [4.78, 5) is 54.3. The van der Waals surface area contributed by atoms with Gasteiger partial charge in [-0.3, -0.25) is 24.5 Å². The molecular weight excluding hydrogens is 627 g/mol. The first kappa shape index (κ1) is 34.4. The highest BCUT2D eigenvalue weighted by Crippen LogP contribution is 2.42. The second-order valence-corrected chi connectivity index (χ2v) is 11.5. The number of nitrogens with one attached hydrogen (secondary N) is 1. The van der Waals surface area contributed by atoms with Crippen molar-refractivity contribution in [3.8, 4) is 23.3 Å². The Bertz CT molecular complexity index is 1640. The fourth-order valence-corrected chi connectivity index (χ4v) is 5.60. The number of carbonyl (C=O) groups excluding carboxylic acids is 1. The van der Waals surface area contributed by atoms with Gasteiger partial charge in [-0.15, -0.1) is 0 Å². The number of nitrogens with zero attached hydrogens (tertiary/aromatic N) is 3. The Morgan fingerprint density at radius 2 is 2.09 bits per heavy atom. The molecule has 4 rings (SSSR count). The maximum Gasteiger partial charge on any atom is 0.508 e. The standard InChI is InChI=1S/C29H33N4O12P/c1-5-6-7-8-9-19-15-32(28(35)31-27(19)34)26-14-24(45-46(4)42-11-10-30-3)25(44-26)16-39-29(36)43-18(2)20-12-22-23(41-17-40-22)13-21(20)33(37)38/h12-13,15,18,24-26H,5-7,10-11,14,16-17H2,1-2,4H3,(H,31,34,35). The van der Waals surface area contributed by atoms with E-state index in [0.29, 0.717) is 6.42 Å². The molecule has 5 atom stereocenters. The first-order chi connectivity index (χ1) is 22.1. The van der Waals surface area contributed by atoms with E-state index in [0.717, 1.165) is 12.8 Å². The minimum Gasteiger partial charge on any atom is -0.454 e. The number of rotatable bonds is 13. The smallest absolute Gasteiger partial charge is 0.454 e. The molecule has 16 nitrogen and oxygen atoms in total. The summed E-state index contributed by atoms with van der Waals surface area (Å²) in [6.45, 7) is 11.9. The zero-order valence-corrected chi connectivity index (χ0v) is 26.3. The van der Waals surface area contributed by atoms with Gasteiger partial charge in [-0.1, -0.05) is 25.2 Å². The van der Waals surface area contributed by atoms with Crippen molar-refractivity contribution in [3.63, 3.8) is 0 Å². The highest BCUT2D eigenvalue weighted by Gasteiger charge is 2.40. The van der Waals surface area contributed by atoms with Crippen molar-refractivity contribution in [2.75, 3.05) is 33.2 Å². The summed E-state index contributed by atoms with van der Waals surface area (Å²) < 4.78 is 40.0. The van der Waals surface area contributed by atoms with Crippen LogP contribution in [0, 0.1) is 28.5 Å². The van der Waals surface area contributed by atoms with E-state index in [1.807, 2.05) is 6.92 Å². The van der Waals surface area contributed by atoms with Crippen LogP contribution in [0.25, 0.3) is 4.85 Å². The SMILES string of the molecule is [C-]#[N+]CCOP(C)OC1CC(n2cc(C#CCCCC)c(=O)[nH]c2=O)OC1COC(=O)OC(C)c1cc2c(cc1[N+](=O)[O-])OCO2. The number of nitro benzene ring substituents is 1. The van der Waals surface area contributed by atoms with Crippen LogP contribution >= 0.6 is 8.38 Å². The molecule has 3 heterocycles. The van der Waals surface area contributed by atoms with Gasteiger partial charge < -0.3 is 37.6 Å². The van der Waals surface area contributed by atoms with Crippen molar-refractivity contribution in [3.05, 3.63) is 71.8 Å². The molecule has 2 aliphatic rings. The molecule has 1 aromatic heterocycles. The minimum absolute atomic E-state index is 0.0730. The third kappa shape index (κ3) is 8.83. The van der Waals surface area contributed by atoms with E-state index >= 15 is 0 Å². The van der Waals surface area contributed by atoms with Crippen molar-refractivity contribution in [1.29, 1.82) is 0 Å². The van der Waals surface area contributed by atoms with Gasteiger partial charge in [0.1, 0.15) is 37.2 Å². The molecule has 17 heteroatoms.